The maximum atomic E-state index is 12.3. The minimum atomic E-state index is -0.0575. The van der Waals surface area contributed by atoms with Gasteiger partial charge in [0.25, 0.3) is 5.95 Å². The highest BCUT2D eigenvalue weighted by Gasteiger charge is 2.31. The minimum Gasteiger partial charge on any atom is -0.309 e. The summed E-state index contributed by atoms with van der Waals surface area (Å²) in [5, 5.41) is 7.56. The van der Waals surface area contributed by atoms with Crippen molar-refractivity contribution < 1.29 is 4.79 Å². The summed E-state index contributed by atoms with van der Waals surface area (Å²) in [4.78, 5) is 20.8. The third kappa shape index (κ3) is 2.96. The summed E-state index contributed by atoms with van der Waals surface area (Å²) in [6.45, 7) is 1.94. The largest absolute Gasteiger partial charge is 0.309 e. The summed E-state index contributed by atoms with van der Waals surface area (Å²) in [5.74, 6) is 1.39. The Balaban J connectivity index is 1.92. The Morgan fingerprint density at radius 3 is 2.76 bits per heavy atom. The zero-order valence-corrected chi connectivity index (χ0v) is 15.7. The zero-order valence-electron chi connectivity index (χ0n) is 13.3. The van der Waals surface area contributed by atoms with E-state index in [2.05, 4.69) is 42.4 Å². The van der Waals surface area contributed by atoms with Gasteiger partial charge < -0.3 is 5.32 Å². The maximum Gasteiger partial charge on any atom is 0.252 e. The number of halogens is 1. The van der Waals surface area contributed by atoms with E-state index in [9.17, 15) is 4.79 Å². The first-order valence-corrected chi connectivity index (χ1v) is 9.52. The molecule has 0 unspecified atom stereocenters. The van der Waals surface area contributed by atoms with E-state index in [1.54, 1.807) is 34.9 Å². The average Bonchev–Trinajstić information content (AvgIpc) is 2.83. The van der Waals surface area contributed by atoms with Crippen molar-refractivity contribution in [3.05, 3.63) is 64.0 Å². The molecule has 126 valence electrons. The van der Waals surface area contributed by atoms with Gasteiger partial charge in [-0.2, -0.15) is 9.78 Å². The number of carbonyl (C=O) groups is 1. The number of nitrogens with zero attached hydrogens (tertiary/aromatic N) is 4. The number of aryl methyl sites for hydroxylation is 1. The highest BCUT2D eigenvalue weighted by Crippen LogP contribution is 2.45. The third-order valence-electron chi connectivity index (χ3n) is 3.94. The quantitative estimate of drug-likeness (QED) is 0.692. The van der Waals surface area contributed by atoms with Gasteiger partial charge in [0.15, 0.2) is 0 Å². The van der Waals surface area contributed by atoms with Crippen LogP contribution in [0.15, 0.2) is 47.2 Å². The summed E-state index contributed by atoms with van der Waals surface area (Å²) in [6.07, 6.45) is 3.31. The van der Waals surface area contributed by atoms with Gasteiger partial charge in [0.2, 0.25) is 5.91 Å². The molecule has 0 radical (unpaired) electrons. The van der Waals surface area contributed by atoms with E-state index in [0.717, 1.165) is 21.3 Å². The second-order valence-electron chi connectivity index (χ2n) is 5.57. The Labute approximate surface area is 157 Å². The van der Waals surface area contributed by atoms with Gasteiger partial charge in [0.1, 0.15) is 5.82 Å². The molecular weight excluding hydrogens is 402 g/mol. The fraction of sp³-hybridized carbons (Fsp3) is 0.176. The normalized spacial score (nSPS) is 16.9. The summed E-state index contributed by atoms with van der Waals surface area (Å²) in [7, 11) is 0. The molecule has 1 aliphatic heterocycles. The van der Waals surface area contributed by atoms with E-state index in [-0.39, 0.29) is 11.2 Å². The molecule has 0 bridgehead atoms. The average molecular weight is 416 g/mol. The lowest BCUT2D eigenvalue weighted by Gasteiger charge is -2.16. The number of nitrogens with one attached hydrogen (secondary N) is 1. The lowest BCUT2D eigenvalue weighted by Crippen LogP contribution is -2.16. The third-order valence-corrected chi connectivity index (χ3v) is 5.91. The molecule has 0 spiro atoms. The lowest BCUT2D eigenvalue weighted by molar-refractivity contribution is -0.113. The van der Waals surface area contributed by atoms with Crippen molar-refractivity contribution in [3.8, 4) is 5.95 Å². The number of rotatable bonds is 2. The SMILES string of the molecule is Cc1nn(-c2ncccn2)c2c1[C@@H](c1ccccc1Br)SCC(=O)N2. The molecule has 0 aliphatic carbocycles. The molecule has 8 heteroatoms. The number of thioether (sulfide) groups is 1. The Morgan fingerprint density at radius 1 is 1.24 bits per heavy atom. The molecule has 3 aromatic rings. The van der Waals surface area contributed by atoms with Crippen LogP contribution in [0.25, 0.3) is 5.95 Å². The van der Waals surface area contributed by atoms with Gasteiger partial charge in [-0.25, -0.2) is 9.97 Å². The Bertz CT molecular complexity index is 943. The van der Waals surface area contributed by atoms with E-state index in [4.69, 9.17) is 0 Å². The van der Waals surface area contributed by atoms with Crippen LogP contribution in [0.3, 0.4) is 0 Å². The Kier molecular flexibility index (Phi) is 4.30. The van der Waals surface area contributed by atoms with Gasteiger partial charge in [-0.3, -0.25) is 4.79 Å². The number of aromatic nitrogens is 4. The molecule has 0 fully saturated rings. The van der Waals surface area contributed by atoms with Crippen molar-refractivity contribution in [1.29, 1.82) is 0 Å². The molecule has 6 nitrogen and oxygen atoms in total. The number of amides is 1. The van der Waals surface area contributed by atoms with Crippen LogP contribution in [0, 0.1) is 6.92 Å². The van der Waals surface area contributed by atoms with E-state index < -0.39 is 0 Å². The Hall–Kier alpha value is -2.19. The number of anilines is 1. The number of hydrogen-bond acceptors (Lipinski definition) is 5. The molecule has 0 saturated carbocycles. The van der Waals surface area contributed by atoms with Crippen LogP contribution in [0.2, 0.25) is 0 Å². The van der Waals surface area contributed by atoms with Gasteiger partial charge in [-0.15, -0.1) is 11.8 Å². The number of benzene rings is 1. The van der Waals surface area contributed by atoms with Crippen molar-refractivity contribution in [2.45, 2.75) is 12.2 Å². The monoisotopic (exact) mass is 415 g/mol. The predicted octanol–water partition coefficient (Wildman–Crippen LogP) is 3.51. The molecule has 1 amide bonds. The van der Waals surface area contributed by atoms with Crippen molar-refractivity contribution >= 4 is 39.4 Å². The predicted molar refractivity (Wildman–Crippen MR) is 101 cm³/mol. The van der Waals surface area contributed by atoms with Gasteiger partial charge >= 0.3 is 0 Å². The van der Waals surface area contributed by atoms with Crippen LogP contribution in [0.5, 0.6) is 0 Å². The van der Waals surface area contributed by atoms with Crippen molar-refractivity contribution in [1.82, 2.24) is 19.7 Å². The van der Waals surface area contributed by atoms with E-state index in [1.807, 2.05) is 25.1 Å². The van der Waals surface area contributed by atoms with Crippen LogP contribution in [0.1, 0.15) is 22.1 Å². The second kappa shape index (κ2) is 6.61. The van der Waals surface area contributed by atoms with Crippen LogP contribution in [0.4, 0.5) is 5.82 Å². The first-order valence-electron chi connectivity index (χ1n) is 7.68. The number of carbonyl (C=O) groups excluding carboxylic acids is 1. The van der Waals surface area contributed by atoms with Gasteiger partial charge in [-0.1, -0.05) is 34.1 Å². The van der Waals surface area contributed by atoms with Crippen LogP contribution < -0.4 is 5.32 Å². The molecule has 4 rings (SSSR count). The highest BCUT2D eigenvalue weighted by molar-refractivity contribution is 9.10. The Morgan fingerprint density at radius 2 is 2.00 bits per heavy atom. The molecule has 0 saturated heterocycles. The standard InChI is InChI=1S/C17H14BrN5OS/c1-10-14-15(11-5-2-3-6-12(11)18)25-9-13(24)21-16(14)23(22-10)17-19-7-4-8-20-17/h2-8,15H,9H2,1H3,(H,21,24)/t15-/m1/s1. The fourth-order valence-corrected chi connectivity index (χ4v) is 4.75. The maximum absolute atomic E-state index is 12.3. The minimum absolute atomic E-state index is 0.0120. The molecule has 25 heavy (non-hydrogen) atoms. The van der Waals surface area contributed by atoms with Crippen molar-refractivity contribution in [3.63, 3.8) is 0 Å². The molecule has 3 heterocycles. The summed E-state index contributed by atoms with van der Waals surface area (Å²) in [5.41, 5.74) is 2.94. The van der Waals surface area contributed by atoms with Crippen molar-refractivity contribution in [2.24, 2.45) is 0 Å². The first-order chi connectivity index (χ1) is 12.1. The molecule has 1 aliphatic rings. The second-order valence-corrected chi connectivity index (χ2v) is 7.52. The number of fused-ring (bicyclic) bond motifs is 1. The summed E-state index contributed by atoms with van der Waals surface area (Å²) < 4.78 is 2.62. The van der Waals surface area contributed by atoms with Gasteiger partial charge in [-0.05, 0) is 24.6 Å². The summed E-state index contributed by atoms with van der Waals surface area (Å²) >= 11 is 5.22. The highest BCUT2D eigenvalue weighted by atomic mass is 79.9. The van der Waals surface area contributed by atoms with Gasteiger partial charge in [0.05, 0.1) is 16.7 Å². The molecule has 1 atom stereocenters. The van der Waals surface area contributed by atoms with E-state index >= 15 is 0 Å². The first kappa shape index (κ1) is 16.3. The van der Waals surface area contributed by atoms with Crippen LogP contribution in [-0.4, -0.2) is 31.4 Å². The molecular formula is C17H14BrN5OS. The zero-order chi connectivity index (χ0) is 17.4. The van der Waals surface area contributed by atoms with E-state index in [1.165, 1.54) is 0 Å². The molecule has 2 aromatic heterocycles. The van der Waals surface area contributed by atoms with Crippen molar-refractivity contribution in [2.75, 3.05) is 11.1 Å². The van der Waals surface area contributed by atoms with Crippen LogP contribution >= 0.6 is 27.7 Å². The molecule has 1 aromatic carbocycles. The van der Waals surface area contributed by atoms with E-state index in [0.29, 0.717) is 17.5 Å². The topological polar surface area (TPSA) is 72.7 Å². The lowest BCUT2D eigenvalue weighted by atomic mass is 10.0. The van der Waals surface area contributed by atoms with Crippen LogP contribution in [-0.2, 0) is 4.79 Å². The smallest absolute Gasteiger partial charge is 0.252 e. The molecule has 1 N–H and O–H groups in total. The summed E-state index contributed by atoms with van der Waals surface area (Å²) in [6, 6.07) is 9.80. The number of hydrogen-bond donors (Lipinski definition) is 1. The van der Waals surface area contributed by atoms with Gasteiger partial charge in [0, 0.05) is 22.4 Å². The fourth-order valence-electron chi connectivity index (χ4n) is 2.86.